The largest absolute Gasteiger partial charge is 0.495 e. The van der Waals surface area contributed by atoms with Crippen LogP contribution >= 0.6 is 0 Å². The molecular formula is C22H20N6O3. The molecule has 2 aromatic carbocycles. The molecule has 0 fully saturated rings. The first kappa shape index (κ1) is 19.9. The first-order valence-corrected chi connectivity index (χ1v) is 9.45. The molecule has 2 aromatic heterocycles. The van der Waals surface area contributed by atoms with Crippen molar-refractivity contribution in [3.63, 3.8) is 0 Å². The third-order valence-electron chi connectivity index (χ3n) is 4.23. The molecule has 9 heteroatoms. The maximum absolute atomic E-state index is 12.3. The van der Waals surface area contributed by atoms with Crippen molar-refractivity contribution >= 4 is 17.4 Å². The third-order valence-corrected chi connectivity index (χ3v) is 4.23. The van der Waals surface area contributed by atoms with E-state index in [1.165, 1.54) is 0 Å². The minimum absolute atomic E-state index is 0.381. The molecule has 0 aliphatic rings. The van der Waals surface area contributed by atoms with Crippen LogP contribution in [0.2, 0.25) is 0 Å². The van der Waals surface area contributed by atoms with Crippen LogP contribution in [0.4, 0.5) is 16.2 Å². The Balaban J connectivity index is 1.41. The summed E-state index contributed by atoms with van der Waals surface area (Å²) in [5.41, 5.74) is 1.19. The van der Waals surface area contributed by atoms with E-state index in [9.17, 15) is 4.79 Å². The summed E-state index contributed by atoms with van der Waals surface area (Å²) >= 11 is 0. The number of para-hydroxylation sites is 2. The number of carbonyl (C=O) groups is 1. The van der Waals surface area contributed by atoms with Gasteiger partial charge in [-0.05, 0) is 49.4 Å². The van der Waals surface area contributed by atoms with Gasteiger partial charge in [0.2, 0.25) is 5.88 Å². The van der Waals surface area contributed by atoms with Crippen molar-refractivity contribution in [2.45, 2.75) is 6.92 Å². The first-order chi connectivity index (χ1) is 15.1. The second-order valence-corrected chi connectivity index (χ2v) is 6.47. The number of hydrogen-bond donors (Lipinski definition) is 2. The van der Waals surface area contributed by atoms with Crippen LogP contribution in [-0.2, 0) is 0 Å². The smallest absolute Gasteiger partial charge is 0.323 e. The van der Waals surface area contributed by atoms with Gasteiger partial charge in [0.05, 0.1) is 12.8 Å². The SMILES string of the molecule is COc1ccccc1NC(=O)Nc1ccc(Oc2cc(-n3cccn3)nc(C)n2)cc1. The van der Waals surface area contributed by atoms with Gasteiger partial charge in [-0.15, -0.1) is 0 Å². The maximum Gasteiger partial charge on any atom is 0.323 e. The molecule has 0 radical (unpaired) electrons. The fraction of sp³-hybridized carbons (Fsp3) is 0.0909. The molecule has 0 atom stereocenters. The van der Waals surface area contributed by atoms with Gasteiger partial charge in [0.25, 0.3) is 0 Å². The molecule has 9 nitrogen and oxygen atoms in total. The molecule has 0 aliphatic heterocycles. The quantitative estimate of drug-likeness (QED) is 0.482. The van der Waals surface area contributed by atoms with Crippen LogP contribution in [0.5, 0.6) is 17.4 Å². The number of aryl methyl sites for hydroxylation is 1. The molecule has 0 bridgehead atoms. The molecular weight excluding hydrogens is 396 g/mol. The zero-order valence-electron chi connectivity index (χ0n) is 16.9. The second-order valence-electron chi connectivity index (χ2n) is 6.47. The Kier molecular flexibility index (Phi) is 5.75. The third kappa shape index (κ3) is 4.96. The number of nitrogens with one attached hydrogen (secondary N) is 2. The highest BCUT2D eigenvalue weighted by molar-refractivity contribution is 6.00. The van der Waals surface area contributed by atoms with E-state index < -0.39 is 0 Å². The summed E-state index contributed by atoms with van der Waals surface area (Å²) in [5, 5.41) is 9.70. The van der Waals surface area contributed by atoms with E-state index in [4.69, 9.17) is 9.47 Å². The van der Waals surface area contributed by atoms with Gasteiger partial charge >= 0.3 is 6.03 Å². The number of ether oxygens (including phenoxy) is 2. The Labute approximate surface area is 178 Å². The van der Waals surface area contributed by atoms with E-state index >= 15 is 0 Å². The number of hydrogen-bond acceptors (Lipinski definition) is 6. The second kappa shape index (κ2) is 8.95. The molecule has 2 N–H and O–H groups in total. The van der Waals surface area contributed by atoms with E-state index in [1.54, 1.807) is 73.6 Å². The molecule has 0 spiro atoms. The predicted molar refractivity (Wildman–Crippen MR) is 116 cm³/mol. The van der Waals surface area contributed by atoms with Gasteiger partial charge in [0.1, 0.15) is 17.3 Å². The number of aromatic nitrogens is 4. The summed E-state index contributed by atoms with van der Waals surface area (Å²) in [5.74, 6) is 2.72. The van der Waals surface area contributed by atoms with Crippen molar-refractivity contribution in [2.75, 3.05) is 17.7 Å². The molecule has 4 aromatic rings. The lowest BCUT2D eigenvalue weighted by atomic mass is 10.3. The van der Waals surface area contributed by atoms with E-state index in [2.05, 4.69) is 25.7 Å². The van der Waals surface area contributed by atoms with E-state index in [-0.39, 0.29) is 6.03 Å². The topological polar surface area (TPSA) is 103 Å². The average Bonchev–Trinajstić information content (AvgIpc) is 3.30. The standard InChI is InChI=1S/C22H20N6O3/c1-15-24-20(28-13-5-12-23-28)14-21(25-15)31-17-10-8-16(9-11-17)26-22(29)27-18-6-3-4-7-19(18)30-2/h3-14H,1-2H3,(H2,26,27,29). The van der Waals surface area contributed by atoms with Crippen molar-refractivity contribution in [3.8, 4) is 23.2 Å². The van der Waals surface area contributed by atoms with Gasteiger partial charge in [-0.2, -0.15) is 10.1 Å². The molecule has 0 aliphatic carbocycles. The Morgan fingerprint density at radius 1 is 1.00 bits per heavy atom. The number of benzene rings is 2. The molecule has 156 valence electrons. The summed E-state index contributed by atoms with van der Waals surface area (Å²) in [6.45, 7) is 1.78. The highest BCUT2D eigenvalue weighted by Crippen LogP contribution is 2.25. The maximum atomic E-state index is 12.3. The van der Waals surface area contributed by atoms with Crippen LogP contribution in [0.15, 0.2) is 73.1 Å². The lowest BCUT2D eigenvalue weighted by Gasteiger charge is -2.11. The Bertz CT molecular complexity index is 1180. The van der Waals surface area contributed by atoms with Gasteiger partial charge < -0.3 is 20.1 Å². The zero-order chi connectivity index (χ0) is 21.6. The highest BCUT2D eigenvalue weighted by Gasteiger charge is 2.09. The van der Waals surface area contributed by atoms with Crippen LogP contribution in [-0.4, -0.2) is 32.9 Å². The van der Waals surface area contributed by atoms with E-state index in [0.29, 0.717) is 40.4 Å². The summed E-state index contributed by atoms with van der Waals surface area (Å²) in [6.07, 6.45) is 3.47. The minimum Gasteiger partial charge on any atom is -0.495 e. The van der Waals surface area contributed by atoms with Crippen molar-refractivity contribution in [1.29, 1.82) is 0 Å². The lowest BCUT2D eigenvalue weighted by molar-refractivity contribution is 0.262. The van der Waals surface area contributed by atoms with Gasteiger partial charge in [-0.1, -0.05) is 12.1 Å². The zero-order valence-corrected chi connectivity index (χ0v) is 16.9. The molecule has 31 heavy (non-hydrogen) atoms. The summed E-state index contributed by atoms with van der Waals surface area (Å²) in [7, 11) is 1.55. The highest BCUT2D eigenvalue weighted by atomic mass is 16.5. The van der Waals surface area contributed by atoms with Crippen molar-refractivity contribution in [3.05, 3.63) is 78.9 Å². The normalized spacial score (nSPS) is 10.4. The van der Waals surface area contributed by atoms with Crippen LogP contribution in [0.25, 0.3) is 5.82 Å². The van der Waals surface area contributed by atoms with E-state index in [0.717, 1.165) is 0 Å². The predicted octanol–water partition coefficient (Wildman–Crippen LogP) is 4.42. The van der Waals surface area contributed by atoms with Gasteiger partial charge in [-0.3, -0.25) is 0 Å². The number of methoxy groups -OCH3 is 1. The first-order valence-electron chi connectivity index (χ1n) is 9.45. The van der Waals surface area contributed by atoms with Gasteiger partial charge in [0, 0.05) is 24.1 Å². The molecule has 0 unspecified atom stereocenters. The fourth-order valence-electron chi connectivity index (χ4n) is 2.86. The monoisotopic (exact) mass is 416 g/mol. The van der Waals surface area contributed by atoms with Gasteiger partial charge in [0.15, 0.2) is 5.82 Å². The molecule has 2 amide bonds. The summed E-state index contributed by atoms with van der Waals surface area (Å²) in [4.78, 5) is 20.9. The van der Waals surface area contributed by atoms with Crippen LogP contribution in [0, 0.1) is 6.92 Å². The van der Waals surface area contributed by atoms with Crippen molar-refractivity contribution in [2.24, 2.45) is 0 Å². The molecule has 0 saturated heterocycles. The number of nitrogens with zero attached hydrogens (tertiary/aromatic N) is 4. The summed E-state index contributed by atoms with van der Waals surface area (Å²) in [6, 6.07) is 17.3. The average molecular weight is 416 g/mol. The van der Waals surface area contributed by atoms with Crippen LogP contribution in [0.3, 0.4) is 0 Å². The van der Waals surface area contributed by atoms with Gasteiger partial charge in [-0.25, -0.2) is 14.5 Å². The van der Waals surface area contributed by atoms with Crippen LogP contribution < -0.4 is 20.1 Å². The Hall–Kier alpha value is -4.40. The lowest BCUT2D eigenvalue weighted by Crippen LogP contribution is -2.19. The molecule has 2 heterocycles. The van der Waals surface area contributed by atoms with Crippen LogP contribution in [0.1, 0.15) is 5.82 Å². The number of anilines is 2. The number of rotatable bonds is 6. The molecule has 0 saturated carbocycles. The number of carbonyl (C=O) groups excluding carboxylic acids is 1. The van der Waals surface area contributed by atoms with Crippen molar-refractivity contribution in [1.82, 2.24) is 19.7 Å². The number of amides is 2. The van der Waals surface area contributed by atoms with Crippen molar-refractivity contribution < 1.29 is 14.3 Å². The minimum atomic E-state index is -0.381. The van der Waals surface area contributed by atoms with E-state index in [1.807, 2.05) is 18.2 Å². The number of urea groups is 1. The molecule has 4 rings (SSSR count). The Morgan fingerprint density at radius 3 is 2.55 bits per heavy atom. The summed E-state index contributed by atoms with van der Waals surface area (Å²) < 4.78 is 12.7. The fourth-order valence-corrected chi connectivity index (χ4v) is 2.86. The Morgan fingerprint density at radius 2 is 1.81 bits per heavy atom.